The fourth-order valence-electron chi connectivity index (χ4n) is 2.31. The Morgan fingerprint density at radius 1 is 0.920 bits per heavy atom. The second kappa shape index (κ2) is 16.1. The fourth-order valence-corrected chi connectivity index (χ4v) is 2.91. The molecule has 0 aliphatic rings. The van der Waals surface area contributed by atoms with E-state index in [1.165, 1.54) is 38.5 Å². The van der Waals surface area contributed by atoms with Crippen LogP contribution in [-0.2, 0) is 24.4 Å². The van der Waals surface area contributed by atoms with Gasteiger partial charge in [0.2, 0.25) is 0 Å². The molecule has 0 amide bonds. The molecule has 7 nitrogen and oxygen atoms in total. The summed E-state index contributed by atoms with van der Waals surface area (Å²) in [6.07, 6.45) is 10.5. The van der Waals surface area contributed by atoms with Crippen LogP contribution in [0.25, 0.3) is 0 Å². The predicted octanol–water partition coefficient (Wildman–Crippen LogP) is 2.53. The Balaban J connectivity index is 0. The summed E-state index contributed by atoms with van der Waals surface area (Å²) in [6, 6.07) is 0. The third kappa shape index (κ3) is 15.8. The molecule has 1 unspecified atom stereocenters. The molecule has 0 rings (SSSR count). The quantitative estimate of drug-likeness (QED) is 0.191. The third-order valence-corrected chi connectivity index (χ3v) is 4.84. The van der Waals surface area contributed by atoms with Gasteiger partial charge in [-0.05, 0) is 6.42 Å². The van der Waals surface area contributed by atoms with Gasteiger partial charge in [-0.1, -0.05) is 64.7 Å². The molecule has 0 aliphatic carbocycles. The minimum absolute atomic E-state index is 0. The van der Waals surface area contributed by atoms with Crippen molar-refractivity contribution in [3.05, 3.63) is 0 Å². The van der Waals surface area contributed by atoms with Gasteiger partial charge >= 0.3 is 41.5 Å². The maximum atomic E-state index is 11.4. The molecule has 0 spiro atoms. The number of esters is 1. The molecule has 0 aromatic carbocycles. The van der Waals surface area contributed by atoms with Gasteiger partial charge in [0, 0.05) is 0 Å². The summed E-state index contributed by atoms with van der Waals surface area (Å²) in [7, 11) is -4.81. The molecule has 0 saturated carbocycles. The van der Waals surface area contributed by atoms with Gasteiger partial charge in [-0.2, -0.15) is 8.42 Å². The molecule has 0 radical (unpaired) electrons. The minimum atomic E-state index is -4.81. The Labute approximate surface area is 172 Å². The normalized spacial score (nSPS) is 12.2. The molecule has 0 saturated heterocycles. The first-order valence-corrected chi connectivity index (χ1v) is 10.1. The number of hydrogen-bond acceptors (Lipinski definition) is 5. The van der Waals surface area contributed by atoms with Gasteiger partial charge in [0.05, 0.1) is 13.0 Å². The molecule has 0 aliphatic heterocycles. The van der Waals surface area contributed by atoms with Crippen LogP contribution in [0.15, 0.2) is 0 Å². The molecule has 25 heavy (non-hydrogen) atoms. The summed E-state index contributed by atoms with van der Waals surface area (Å²) in [5, 5.41) is 6.50. The summed E-state index contributed by atoms with van der Waals surface area (Å²) in [4.78, 5) is 22.1. The van der Waals surface area contributed by atoms with E-state index in [9.17, 15) is 18.0 Å². The third-order valence-electron chi connectivity index (χ3n) is 3.75. The van der Waals surface area contributed by atoms with Crippen molar-refractivity contribution >= 4 is 51.6 Å². The maximum absolute atomic E-state index is 11.4. The van der Waals surface area contributed by atoms with E-state index in [0.29, 0.717) is 6.42 Å². The molecule has 0 aromatic rings. The summed E-state index contributed by atoms with van der Waals surface area (Å²) in [5.74, 6) is -2.70. The number of carboxylic acids is 1. The number of rotatable bonds is 15. The summed E-state index contributed by atoms with van der Waals surface area (Å²) in [6.45, 7) is 2.32. The van der Waals surface area contributed by atoms with E-state index in [1.54, 1.807) is 0 Å². The number of carboxylic acid groups (broad SMARTS) is 1. The average Bonchev–Trinajstić information content (AvgIpc) is 2.48. The van der Waals surface area contributed by atoms with Crippen LogP contribution >= 0.6 is 0 Å². The monoisotopic (exact) mass is 390 g/mol. The summed E-state index contributed by atoms with van der Waals surface area (Å²) >= 11 is 0. The van der Waals surface area contributed by atoms with Crippen molar-refractivity contribution in [3.63, 3.8) is 0 Å². The van der Waals surface area contributed by atoms with E-state index in [0.717, 1.165) is 19.3 Å². The molecule has 1 atom stereocenters. The van der Waals surface area contributed by atoms with Crippen molar-refractivity contribution in [3.8, 4) is 0 Å². The van der Waals surface area contributed by atoms with Gasteiger partial charge in [0.25, 0.3) is 10.1 Å². The zero-order valence-corrected chi connectivity index (χ0v) is 15.2. The Kier molecular flexibility index (Phi) is 17.4. The van der Waals surface area contributed by atoms with Crippen molar-refractivity contribution < 1.29 is 32.4 Å². The van der Waals surface area contributed by atoms with Crippen LogP contribution in [0, 0.1) is 0 Å². The van der Waals surface area contributed by atoms with Crippen molar-refractivity contribution in [1.82, 2.24) is 0 Å². The number of carbonyl (C=O) groups excluding carboxylic acids is 1. The van der Waals surface area contributed by atoms with E-state index in [4.69, 9.17) is 14.4 Å². The van der Waals surface area contributed by atoms with E-state index < -0.39 is 33.7 Å². The van der Waals surface area contributed by atoms with Crippen LogP contribution in [0.4, 0.5) is 0 Å². The van der Waals surface area contributed by atoms with Crippen molar-refractivity contribution in [2.24, 2.45) is 0 Å². The second-order valence-electron chi connectivity index (χ2n) is 5.95. The predicted molar refractivity (Wildman–Crippen MR) is 97.5 cm³/mol. The zero-order chi connectivity index (χ0) is 18.4. The first kappa shape index (κ1) is 27.1. The van der Waals surface area contributed by atoms with Gasteiger partial charge < -0.3 is 9.84 Å². The van der Waals surface area contributed by atoms with Crippen LogP contribution in [0.1, 0.15) is 77.6 Å². The zero-order valence-electron chi connectivity index (χ0n) is 14.4. The standard InChI is InChI=1S/C16H30O7S.Na.H/c1-2-3-4-5-6-7-8-9-10-11-12-23-15(17)13-14(16(18)19)24(20,21)22;;/h14H,2-13H2,1H3,(H,18,19)(H,20,21,22);;. The molecule has 2 N–H and O–H groups in total. The SMILES string of the molecule is CCCCCCCCCCCCOC(=O)CC(C(=O)O)S(=O)(=O)O.[NaH]. The first-order valence-electron chi connectivity index (χ1n) is 8.63. The topological polar surface area (TPSA) is 118 Å². The number of unbranched alkanes of at least 4 members (excludes halogenated alkanes) is 9. The van der Waals surface area contributed by atoms with Crippen LogP contribution in [0.5, 0.6) is 0 Å². The Hall–Kier alpha value is -0.150. The summed E-state index contributed by atoms with van der Waals surface area (Å²) in [5.41, 5.74) is 0. The Morgan fingerprint density at radius 2 is 1.36 bits per heavy atom. The van der Waals surface area contributed by atoms with E-state index >= 15 is 0 Å². The van der Waals surface area contributed by atoms with Gasteiger partial charge in [0.15, 0.2) is 5.25 Å². The van der Waals surface area contributed by atoms with E-state index in [1.807, 2.05) is 0 Å². The Bertz CT molecular complexity index is 465. The number of hydrogen-bond donors (Lipinski definition) is 2. The molecule has 0 bridgehead atoms. The van der Waals surface area contributed by atoms with Crippen LogP contribution in [0.2, 0.25) is 0 Å². The Morgan fingerprint density at radius 3 is 1.76 bits per heavy atom. The van der Waals surface area contributed by atoms with Gasteiger partial charge in [-0.3, -0.25) is 14.1 Å². The number of aliphatic carboxylic acids is 1. The molecule has 9 heteroatoms. The first-order chi connectivity index (χ1) is 11.3. The van der Waals surface area contributed by atoms with Crippen molar-refractivity contribution in [2.45, 2.75) is 82.8 Å². The van der Waals surface area contributed by atoms with Crippen molar-refractivity contribution in [1.29, 1.82) is 0 Å². The molecule has 0 aromatic heterocycles. The molecule has 0 fully saturated rings. The molecular weight excluding hydrogens is 359 g/mol. The summed E-state index contributed by atoms with van der Waals surface area (Å²) < 4.78 is 35.2. The van der Waals surface area contributed by atoms with E-state index in [2.05, 4.69) is 6.92 Å². The molecular formula is C16H31NaO7S. The number of carbonyl (C=O) groups is 2. The van der Waals surface area contributed by atoms with E-state index in [-0.39, 0.29) is 36.2 Å². The fraction of sp³-hybridized carbons (Fsp3) is 0.875. The van der Waals surface area contributed by atoms with Crippen LogP contribution in [-0.4, -0.2) is 71.4 Å². The van der Waals surface area contributed by atoms with Gasteiger partial charge in [0.1, 0.15) is 0 Å². The van der Waals surface area contributed by atoms with Gasteiger partial charge in [-0.15, -0.1) is 0 Å². The molecule has 144 valence electrons. The van der Waals surface area contributed by atoms with Crippen LogP contribution in [0.3, 0.4) is 0 Å². The second-order valence-corrected chi connectivity index (χ2v) is 7.55. The van der Waals surface area contributed by atoms with Gasteiger partial charge in [-0.25, -0.2) is 0 Å². The average molecular weight is 390 g/mol. The molecule has 0 heterocycles. The van der Waals surface area contributed by atoms with Crippen molar-refractivity contribution in [2.75, 3.05) is 6.61 Å². The van der Waals surface area contributed by atoms with Crippen LogP contribution < -0.4 is 0 Å². The number of ether oxygens (including phenoxy) is 1.